The van der Waals surface area contributed by atoms with E-state index in [1.165, 1.54) is 4.31 Å². The van der Waals surface area contributed by atoms with E-state index in [0.717, 1.165) is 16.5 Å². The van der Waals surface area contributed by atoms with Gasteiger partial charge in [0.2, 0.25) is 15.9 Å². The maximum absolute atomic E-state index is 12.7. The first kappa shape index (κ1) is 21.0. The van der Waals surface area contributed by atoms with Crippen molar-refractivity contribution in [3.63, 3.8) is 0 Å². The van der Waals surface area contributed by atoms with Gasteiger partial charge in [0, 0.05) is 23.2 Å². The minimum absolute atomic E-state index is 0.113. The standard InChI is InChI=1S/C21H25BrN2O3S/c22-19-11-4-12-20(15-19)23-21(25)18-10-5-13-24(16-18)28(26,27)14-6-9-17-7-2-1-3-8-17/h1-4,7-8,11-12,15,18H,5-6,9-10,13-14,16H2,(H,23,25)/t18-/m0/s1. The summed E-state index contributed by atoms with van der Waals surface area (Å²) in [6.45, 7) is 0.752. The smallest absolute Gasteiger partial charge is 0.228 e. The van der Waals surface area contributed by atoms with E-state index in [1.807, 2.05) is 54.6 Å². The average molecular weight is 465 g/mol. The number of hydrogen-bond donors (Lipinski definition) is 1. The lowest BCUT2D eigenvalue weighted by atomic mass is 9.99. The topological polar surface area (TPSA) is 66.5 Å². The number of halogens is 1. The molecule has 3 rings (SSSR count). The number of nitrogens with zero attached hydrogens (tertiary/aromatic N) is 1. The molecule has 1 N–H and O–H groups in total. The van der Waals surface area contributed by atoms with Gasteiger partial charge in [-0.05, 0) is 49.4 Å². The van der Waals surface area contributed by atoms with E-state index in [9.17, 15) is 13.2 Å². The summed E-state index contributed by atoms with van der Waals surface area (Å²) in [5.74, 6) is -0.332. The lowest BCUT2D eigenvalue weighted by molar-refractivity contribution is -0.120. The number of rotatable bonds is 7. The molecule has 0 aromatic heterocycles. The van der Waals surface area contributed by atoms with Crippen LogP contribution < -0.4 is 5.32 Å². The van der Waals surface area contributed by atoms with Crippen molar-refractivity contribution in [1.82, 2.24) is 4.31 Å². The Bertz CT molecular complexity index is 903. The Morgan fingerprint density at radius 1 is 1.14 bits per heavy atom. The molecule has 1 amide bonds. The third-order valence-corrected chi connectivity index (χ3v) is 7.37. The Morgan fingerprint density at radius 2 is 1.93 bits per heavy atom. The third kappa shape index (κ3) is 5.90. The van der Waals surface area contributed by atoms with Crippen LogP contribution in [0.25, 0.3) is 0 Å². The highest BCUT2D eigenvalue weighted by atomic mass is 79.9. The summed E-state index contributed by atoms with van der Waals surface area (Å²) in [6.07, 6.45) is 2.73. The molecular formula is C21H25BrN2O3S. The molecular weight excluding hydrogens is 440 g/mol. The molecule has 28 heavy (non-hydrogen) atoms. The van der Waals surface area contributed by atoms with Crippen molar-refractivity contribution in [2.75, 3.05) is 24.2 Å². The highest BCUT2D eigenvalue weighted by molar-refractivity contribution is 9.10. The van der Waals surface area contributed by atoms with Crippen molar-refractivity contribution < 1.29 is 13.2 Å². The van der Waals surface area contributed by atoms with Crippen molar-refractivity contribution in [2.24, 2.45) is 5.92 Å². The van der Waals surface area contributed by atoms with Crippen LogP contribution in [0.2, 0.25) is 0 Å². The minimum Gasteiger partial charge on any atom is -0.326 e. The average Bonchev–Trinajstić information content (AvgIpc) is 2.69. The molecule has 1 aliphatic heterocycles. The van der Waals surface area contributed by atoms with E-state index in [2.05, 4.69) is 21.2 Å². The molecule has 1 heterocycles. The molecule has 0 radical (unpaired) electrons. The molecule has 2 aromatic rings. The molecule has 0 saturated carbocycles. The SMILES string of the molecule is O=C(Nc1cccc(Br)c1)[C@H]1CCCN(S(=O)(=O)CCCc2ccccc2)C1. The van der Waals surface area contributed by atoms with Crippen LogP contribution in [0, 0.1) is 5.92 Å². The summed E-state index contributed by atoms with van der Waals surface area (Å²) >= 11 is 3.39. The number of carbonyl (C=O) groups excluding carboxylic acids is 1. The number of carbonyl (C=O) groups is 1. The second kappa shape index (κ2) is 9.67. The Morgan fingerprint density at radius 3 is 2.68 bits per heavy atom. The lowest BCUT2D eigenvalue weighted by Crippen LogP contribution is -2.44. The molecule has 1 aliphatic rings. The number of anilines is 1. The van der Waals surface area contributed by atoms with Gasteiger partial charge in [-0.2, -0.15) is 0 Å². The first-order valence-corrected chi connectivity index (χ1v) is 11.9. The van der Waals surface area contributed by atoms with Gasteiger partial charge >= 0.3 is 0 Å². The zero-order valence-electron chi connectivity index (χ0n) is 15.7. The van der Waals surface area contributed by atoms with Gasteiger partial charge in [-0.15, -0.1) is 0 Å². The van der Waals surface area contributed by atoms with E-state index in [-0.39, 0.29) is 24.1 Å². The number of benzene rings is 2. The van der Waals surface area contributed by atoms with Gasteiger partial charge in [-0.25, -0.2) is 12.7 Å². The number of amides is 1. The molecule has 0 unspecified atom stereocenters. The Hall–Kier alpha value is -1.70. The summed E-state index contributed by atoms with van der Waals surface area (Å²) in [6, 6.07) is 17.3. The van der Waals surface area contributed by atoms with E-state index in [0.29, 0.717) is 31.5 Å². The number of nitrogens with one attached hydrogen (secondary N) is 1. The highest BCUT2D eigenvalue weighted by Crippen LogP contribution is 2.23. The molecule has 1 atom stereocenters. The van der Waals surface area contributed by atoms with Gasteiger partial charge in [0.05, 0.1) is 11.7 Å². The molecule has 0 bridgehead atoms. The van der Waals surface area contributed by atoms with Gasteiger partial charge in [0.25, 0.3) is 0 Å². The molecule has 5 nitrogen and oxygen atoms in total. The second-order valence-corrected chi connectivity index (χ2v) is 10.1. The van der Waals surface area contributed by atoms with Crippen molar-refractivity contribution >= 4 is 37.5 Å². The van der Waals surface area contributed by atoms with Crippen molar-refractivity contribution in [3.8, 4) is 0 Å². The summed E-state index contributed by atoms with van der Waals surface area (Å²) in [5, 5.41) is 2.90. The predicted octanol–water partition coefficient (Wildman–Crippen LogP) is 4.06. The fourth-order valence-corrected chi connectivity index (χ4v) is 5.43. The fraction of sp³-hybridized carbons (Fsp3) is 0.381. The lowest BCUT2D eigenvalue weighted by Gasteiger charge is -2.31. The minimum atomic E-state index is -3.35. The number of hydrogen-bond acceptors (Lipinski definition) is 3. The first-order chi connectivity index (χ1) is 13.4. The van der Waals surface area contributed by atoms with Crippen LogP contribution in [0.5, 0.6) is 0 Å². The van der Waals surface area contributed by atoms with Crippen LogP contribution in [0.1, 0.15) is 24.8 Å². The highest BCUT2D eigenvalue weighted by Gasteiger charge is 2.32. The van der Waals surface area contributed by atoms with E-state index in [1.54, 1.807) is 0 Å². The van der Waals surface area contributed by atoms with Crippen LogP contribution >= 0.6 is 15.9 Å². The largest absolute Gasteiger partial charge is 0.326 e. The van der Waals surface area contributed by atoms with Crippen molar-refractivity contribution in [2.45, 2.75) is 25.7 Å². The second-order valence-electron chi connectivity index (χ2n) is 7.10. The van der Waals surface area contributed by atoms with Crippen LogP contribution in [0.15, 0.2) is 59.1 Å². The Kier molecular flexibility index (Phi) is 7.26. The quantitative estimate of drug-likeness (QED) is 0.671. The monoisotopic (exact) mass is 464 g/mol. The molecule has 2 aromatic carbocycles. The molecule has 150 valence electrons. The molecule has 0 aliphatic carbocycles. The van der Waals surface area contributed by atoms with E-state index < -0.39 is 10.0 Å². The van der Waals surface area contributed by atoms with Gasteiger partial charge < -0.3 is 5.32 Å². The fourth-order valence-electron chi connectivity index (χ4n) is 3.45. The molecule has 1 fully saturated rings. The van der Waals surface area contributed by atoms with Crippen molar-refractivity contribution in [3.05, 3.63) is 64.6 Å². The van der Waals surface area contributed by atoms with E-state index >= 15 is 0 Å². The van der Waals surface area contributed by atoms with Gasteiger partial charge in [0.15, 0.2) is 0 Å². The zero-order chi connectivity index (χ0) is 20.0. The van der Waals surface area contributed by atoms with Crippen LogP contribution in [-0.2, 0) is 21.2 Å². The van der Waals surface area contributed by atoms with Crippen LogP contribution in [0.3, 0.4) is 0 Å². The third-order valence-electron chi connectivity index (χ3n) is 4.95. The number of sulfonamides is 1. The Labute approximate surface area is 175 Å². The molecule has 0 spiro atoms. The summed E-state index contributed by atoms with van der Waals surface area (Å²) in [7, 11) is -3.35. The summed E-state index contributed by atoms with van der Waals surface area (Å²) in [4.78, 5) is 12.6. The van der Waals surface area contributed by atoms with Gasteiger partial charge in [0.1, 0.15) is 0 Å². The number of piperidine rings is 1. The maximum atomic E-state index is 12.7. The molecule has 7 heteroatoms. The Balaban J connectivity index is 1.54. The number of aryl methyl sites for hydroxylation is 1. The summed E-state index contributed by atoms with van der Waals surface area (Å²) in [5.41, 5.74) is 1.85. The van der Waals surface area contributed by atoms with Gasteiger partial charge in [-0.3, -0.25) is 4.79 Å². The maximum Gasteiger partial charge on any atom is 0.228 e. The van der Waals surface area contributed by atoms with Crippen molar-refractivity contribution in [1.29, 1.82) is 0 Å². The molecule has 1 saturated heterocycles. The summed E-state index contributed by atoms with van der Waals surface area (Å²) < 4.78 is 27.8. The van der Waals surface area contributed by atoms with Crippen LogP contribution in [-0.4, -0.2) is 37.5 Å². The van der Waals surface area contributed by atoms with Gasteiger partial charge in [-0.1, -0.05) is 52.3 Å². The normalized spacial score (nSPS) is 18.0. The zero-order valence-corrected chi connectivity index (χ0v) is 18.1. The van der Waals surface area contributed by atoms with E-state index in [4.69, 9.17) is 0 Å². The predicted molar refractivity (Wildman–Crippen MR) is 116 cm³/mol. The first-order valence-electron chi connectivity index (χ1n) is 9.52. The van der Waals surface area contributed by atoms with Crippen LogP contribution in [0.4, 0.5) is 5.69 Å².